The Hall–Kier alpha value is -3.47. The van der Waals surface area contributed by atoms with E-state index in [0.717, 1.165) is 11.1 Å². The lowest BCUT2D eigenvalue weighted by molar-refractivity contribution is -0.117. The van der Waals surface area contributed by atoms with Crippen molar-refractivity contribution in [3.63, 3.8) is 0 Å². The summed E-state index contributed by atoms with van der Waals surface area (Å²) in [5.74, 6) is -0.645. The summed E-state index contributed by atoms with van der Waals surface area (Å²) in [6.07, 6.45) is 0.227. The molecule has 1 saturated heterocycles. The molecule has 3 aromatic rings. The molecule has 3 aromatic carbocycles. The highest BCUT2D eigenvalue weighted by molar-refractivity contribution is 5.99. The van der Waals surface area contributed by atoms with Gasteiger partial charge < -0.3 is 10.2 Å². The second-order valence-electron chi connectivity index (χ2n) is 6.80. The molecule has 1 fully saturated rings. The molecule has 1 atom stereocenters. The number of nitrogens with zero attached hydrogens (tertiary/aromatic N) is 1. The number of halogens is 1. The number of amides is 2. The van der Waals surface area contributed by atoms with Gasteiger partial charge in [-0.3, -0.25) is 9.59 Å². The van der Waals surface area contributed by atoms with Crippen molar-refractivity contribution in [1.82, 2.24) is 5.32 Å². The Labute approximate surface area is 162 Å². The van der Waals surface area contributed by atoms with Crippen LogP contribution in [0.1, 0.15) is 16.8 Å². The molecule has 0 aromatic heterocycles. The zero-order chi connectivity index (χ0) is 19.5. The Morgan fingerprint density at radius 2 is 1.54 bits per heavy atom. The van der Waals surface area contributed by atoms with E-state index in [1.54, 1.807) is 29.2 Å². The van der Waals surface area contributed by atoms with Crippen LogP contribution in [0.15, 0.2) is 78.9 Å². The summed E-state index contributed by atoms with van der Waals surface area (Å²) in [6, 6.07) is 22.8. The second-order valence-corrected chi connectivity index (χ2v) is 6.80. The first kappa shape index (κ1) is 17.9. The molecule has 1 aliphatic rings. The zero-order valence-corrected chi connectivity index (χ0v) is 15.1. The summed E-state index contributed by atoms with van der Waals surface area (Å²) in [7, 11) is 0. The number of nitrogens with one attached hydrogen (secondary N) is 1. The van der Waals surface area contributed by atoms with Crippen LogP contribution < -0.4 is 10.2 Å². The van der Waals surface area contributed by atoms with Gasteiger partial charge in [0.15, 0.2) is 0 Å². The molecular formula is C23H19FN2O2. The van der Waals surface area contributed by atoms with Gasteiger partial charge in [-0.2, -0.15) is 0 Å². The van der Waals surface area contributed by atoms with Crippen molar-refractivity contribution in [2.75, 3.05) is 11.4 Å². The van der Waals surface area contributed by atoms with E-state index in [1.165, 1.54) is 12.1 Å². The largest absolute Gasteiger partial charge is 0.347 e. The topological polar surface area (TPSA) is 49.4 Å². The van der Waals surface area contributed by atoms with E-state index < -0.39 is 0 Å². The number of carbonyl (C=O) groups is 2. The van der Waals surface area contributed by atoms with Crippen molar-refractivity contribution >= 4 is 17.5 Å². The average molecular weight is 374 g/mol. The van der Waals surface area contributed by atoms with Gasteiger partial charge >= 0.3 is 0 Å². The fourth-order valence-electron chi connectivity index (χ4n) is 3.39. The molecule has 0 aliphatic carbocycles. The van der Waals surface area contributed by atoms with Gasteiger partial charge in [-0.1, -0.05) is 42.5 Å². The predicted octanol–water partition coefficient (Wildman–Crippen LogP) is 4.03. The molecule has 1 N–H and O–H groups in total. The summed E-state index contributed by atoms with van der Waals surface area (Å²) in [5.41, 5.74) is 3.31. The van der Waals surface area contributed by atoms with E-state index in [0.29, 0.717) is 17.8 Å². The fraction of sp³-hybridized carbons (Fsp3) is 0.130. The Bertz CT molecular complexity index is 985. The van der Waals surface area contributed by atoms with E-state index >= 15 is 0 Å². The molecule has 4 nitrogen and oxygen atoms in total. The summed E-state index contributed by atoms with van der Waals surface area (Å²) < 4.78 is 13.1. The predicted molar refractivity (Wildman–Crippen MR) is 107 cm³/mol. The van der Waals surface area contributed by atoms with E-state index in [4.69, 9.17) is 0 Å². The lowest BCUT2D eigenvalue weighted by atomic mass is 10.0. The number of carbonyl (C=O) groups excluding carboxylic acids is 2. The number of hydrogen-bond acceptors (Lipinski definition) is 2. The van der Waals surface area contributed by atoms with Crippen LogP contribution in [-0.4, -0.2) is 24.4 Å². The normalized spacial score (nSPS) is 16.2. The monoisotopic (exact) mass is 374 g/mol. The molecular weight excluding hydrogens is 355 g/mol. The highest BCUT2D eigenvalue weighted by atomic mass is 19.1. The number of anilines is 1. The van der Waals surface area contributed by atoms with Gasteiger partial charge in [0.2, 0.25) is 5.91 Å². The maximum Gasteiger partial charge on any atom is 0.251 e. The summed E-state index contributed by atoms with van der Waals surface area (Å²) in [4.78, 5) is 26.4. The van der Waals surface area contributed by atoms with Crippen molar-refractivity contribution in [3.8, 4) is 11.1 Å². The van der Waals surface area contributed by atoms with Crippen molar-refractivity contribution < 1.29 is 14.0 Å². The van der Waals surface area contributed by atoms with Crippen LogP contribution in [0.2, 0.25) is 0 Å². The number of rotatable bonds is 4. The minimum absolute atomic E-state index is 0.0867. The molecule has 0 unspecified atom stereocenters. The highest BCUT2D eigenvalue weighted by Crippen LogP contribution is 2.23. The van der Waals surface area contributed by atoms with Crippen molar-refractivity contribution in [3.05, 3.63) is 90.2 Å². The maximum atomic E-state index is 13.1. The first-order valence-corrected chi connectivity index (χ1v) is 9.12. The Morgan fingerprint density at radius 1 is 0.893 bits per heavy atom. The van der Waals surface area contributed by atoms with Crippen LogP contribution in [0, 0.1) is 5.82 Å². The zero-order valence-electron chi connectivity index (χ0n) is 15.1. The lowest BCUT2D eigenvalue weighted by Crippen LogP contribution is -2.37. The minimum Gasteiger partial charge on any atom is -0.347 e. The lowest BCUT2D eigenvalue weighted by Gasteiger charge is -2.17. The molecule has 140 valence electrons. The van der Waals surface area contributed by atoms with Gasteiger partial charge in [0.1, 0.15) is 5.82 Å². The molecule has 1 aliphatic heterocycles. The first-order valence-electron chi connectivity index (χ1n) is 9.12. The molecule has 0 bridgehead atoms. The van der Waals surface area contributed by atoms with Gasteiger partial charge in [0.25, 0.3) is 5.91 Å². The molecule has 1 heterocycles. The molecule has 0 saturated carbocycles. The van der Waals surface area contributed by atoms with Crippen molar-refractivity contribution in [1.29, 1.82) is 0 Å². The van der Waals surface area contributed by atoms with Crippen LogP contribution in [0.5, 0.6) is 0 Å². The van der Waals surface area contributed by atoms with E-state index in [1.807, 2.05) is 42.5 Å². The van der Waals surface area contributed by atoms with Gasteiger partial charge in [0, 0.05) is 24.2 Å². The number of benzene rings is 3. The SMILES string of the molecule is O=C(N[C@@H]1CC(=O)N(c2ccc(F)cc2)C1)c1ccc(-c2ccccc2)cc1. The second kappa shape index (κ2) is 7.64. The summed E-state index contributed by atoms with van der Waals surface area (Å²) in [6.45, 7) is 0.373. The van der Waals surface area contributed by atoms with Crippen LogP contribution in [-0.2, 0) is 4.79 Å². The van der Waals surface area contributed by atoms with Crippen molar-refractivity contribution in [2.24, 2.45) is 0 Å². The third-order valence-electron chi connectivity index (χ3n) is 4.85. The van der Waals surface area contributed by atoms with Crippen LogP contribution in [0.4, 0.5) is 10.1 Å². The van der Waals surface area contributed by atoms with Gasteiger partial charge in [0.05, 0.1) is 6.04 Å². The Morgan fingerprint density at radius 3 is 2.21 bits per heavy atom. The first-order chi connectivity index (χ1) is 13.6. The fourth-order valence-corrected chi connectivity index (χ4v) is 3.39. The summed E-state index contributed by atoms with van der Waals surface area (Å²) >= 11 is 0. The van der Waals surface area contributed by atoms with E-state index in [-0.39, 0.29) is 30.1 Å². The molecule has 4 rings (SSSR count). The van der Waals surface area contributed by atoms with Crippen LogP contribution >= 0.6 is 0 Å². The van der Waals surface area contributed by atoms with Crippen LogP contribution in [0.25, 0.3) is 11.1 Å². The van der Waals surface area contributed by atoms with Crippen LogP contribution in [0.3, 0.4) is 0 Å². The van der Waals surface area contributed by atoms with Gasteiger partial charge in [-0.15, -0.1) is 0 Å². The molecule has 28 heavy (non-hydrogen) atoms. The third-order valence-corrected chi connectivity index (χ3v) is 4.85. The van der Waals surface area contributed by atoms with E-state index in [9.17, 15) is 14.0 Å². The maximum absolute atomic E-state index is 13.1. The molecule has 5 heteroatoms. The Balaban J connectivity index is 1.41. The smallest absolute Gasteiger partial charge is 0.251 e. The molecule has 2 amide bonds. The van der Waals surface area contributed by atoms with Crippen molar-refractivity contribution in [2.45, 2.75) is 12.5 Å². The Kier molecular flexibility index (Phi) is 4.89. The minimum atomic E-state index is -0.348. The average Bonchev–Trinajstić information content (AvgIpc) is 3.09. The third kappa shape index (κ3) is 3.78. The highest BCUT2D eigenvalue weighted by Gasteiger charge is 2.31. The quantitative estimate of drug-likeness (QED) is 0.750. The van der Waals surface area contributed by atoms with E-state index in [2.05, 4.69) is 5.32 Å². The van der Waals surface area contributed by atoms with Gasteiger partial charge in [-0.05, 0) is 47.5 Å². The number of hydrogen-bond donors (Lipinski definition) is 1. The van der Waals surface area contributed by atoms with Gasteiger partial charge in [-0.25, -0.2) is 4.39 Å². The standard InChI is InChI=1S/C23H19FN2O2/c24-19-10-12-21(13-11-19)26-15-20(14-22(26)27)25-23(28)18-8-6-17(7-9-18)16-4-2-1-3-5-16/h1-13,20H,14-15H2,(H,25,28)/t20-/m1/s1. The molecule has 0 radical (unpaired) electrons. The molecule has 0 spiro atoms. The summed E-state index contributed by atoms with van der Waals surface area (Å²) in [5, 5.41) is 2.92.